The molecule has 5 nitrogen and oxygen atoms in total. The predicted octanol–water partition coefficient (Wildman–Crippen LogP) is 1.98. The van der Waals surface area contributed by atoms with Gasteiger partial charge in [-0.05, 0) is 11.6 Å². The molecule has 0 spiro atoms. The highest BCUT2D eigenvalue weighted by atomic mass is 35.5. The second kappa shape index (κ2) is 5.87. The Morgan fingerprint density at radius 2 is 2.24 bits per heavy atom. The molecule has 0 fully saturated rings. The lowest BCUT2D eigenvalue weighted by atomic mass is 10.1. The van der Waals surface area contributed by atoms with Gasteiger partial charge in [0.2, 0.25) is 0 Å². The number of H-pyrrole nitrogens is 1. The third-order valence-corrected chi connectivity index (χ3v) is 4.09. The van der Waals surface area contributed by atoms with Crippen molar-refractivity contribution in [2.75, 3.05) is 13.6 Å². The first-order valence-corrected chi connectivity index (χ1v) is 7.30. The van der Waals surface area contributed by atoms with E-state index < -0.39 is 0 Å². The summed E-state index contributed by atoms with van der Waals surface area (Å²) in [6.07, 6.45) is 0.879. The number of nitrogens with zero attached hydrogens (tertiary/aromatic N) is 2. The minimum absolute atomic E-state index is 0.0869. The van der Waals surface area contributed by atoms with Gasteiger partial charge in [-0.3, -0.25) is 9.89 Å². The molecule has 0 radical (unpaired) electrons. The topological polar surface area (TPSA) is 61.0 Å². The van der Waals surface area contributed by atoms with Crippen molar-refractivity contribution in [2.45, 2.75) is 19.5 Å². The van der Waals surface area contributed by atoms with Gasteiger partial charge in [0.1, 0.15) is 0 Å². The van der Waals surface area contributed by atoms with Crippen molar-refractivity contribution in [1.29, 1.82) is 0 Å². The molecule has 1 aromatic carbocycles. The predicted molar refractivity (Wildman–Crippen MR) is 81.2 cm³/mol. The molecule has 0 aliphatic carbocycles. The van der Waals surface area contributed by atoms with Crippen LogP contribution in [0.3, 0.4) is 0 Å². The summed E-state index contributed by atoms with van der Waals surface area (Å²) < 4.78 is 0. The summed E-state index contributed by atoms with van der Waals surface area (Å²) in [4.78, 5) is 14.2. The zero-order chi connectivity index (χ0) is 14.8. The number of nitrogens with one attached hydrogen (secondary N) is 2. The Morgan fingerprint density at radius 1 is 1.43 bits per heavy atom. The van der Waals surface area contributed by atoms with Crippen LogP contribution in [0.2, 0.25) is 5.02 Å². The number of halogens is 1. The third kappa shape index (κ3) is 2.80. The van der Waals surface area contributed by atoms with Crippen LogP contribution in [0, 0.1) is 0 Å². The maximum atomic E-state index is 12.6. The molecule has 21 heavy (non-hydrogen) atoms. The molecule has 1 aliphatic heterocycles. The number of hydrogen-bond acceptors (Lipinski definition) is 3. The van der Waals surface area contributed by atoms with Crippen LogP contribution in [-0.4, -0.2) is 34.6 Å². The Morgan fingerprint density at radius 3 is 3.05 bits per heavy atom. The normalized spacial score (nSPS) is 13.8. The van der Waals surface area contributed by atoms with Crippen molar-refractivity contribution in [1.82, 2.24) is 20.4 Å². The molecule has 1 aliphatic rings. The van der Waals surface area contributed by atoms with Gasteiger partial charge in [-0.1, -0.05) is 29.8 Å². The molecule has 0 unspecified atom stereocenters. The molecule has 0 atom stereocenters. The standard InChI is InChI=1S/C15H17ClN4O/c1-20(9-10-4-2-3-5-12(10)16)15(21)14-11-8-17-7-6-13(11)18-19-14/h2-5,17H,6-9H2,1H3,(H,18,19). The lowest BCUT2D eigenvalue weighted by molar-refractivity contribution is 0.0778. The highest BCUT2D eigenvalue weighted by Gasteiger charge is 2.24. The second-order valence-corrected chi connectivity index (χ2v) is 5.62. The lowest BCUT2D eigenvalue weighted by Gasteiger charge is -2.19. The van der Waals surface area contributed by atoms with Crippen LogP contribution < -0.4 is 5.32 Å². The number of fused-ring (bicyclic) bond motifs is 1. The van der Waals surface area contributed by atoms with Crippen LogP contribution in [0.5, 0.6) is 0 Å². The monoisotopic (exact) mass is 304 g/mol. The summed E-state index contributed by atoms with van der Waals surface area (Å²) >= 11 is 6.14. The number of carbonyl (C=O) groups is 1. The van der Waals surface area contributed by atoms with Crippen molar-refractivity contribution in [3.8, 4) is 0 Å². The summed E-state index contributed by atoms with van der Waals surface area (Å²) in [7, 11) is 1.77. The molecule has 0 saturated carbocycles. The van der Waals surface area contributed by atoms with Gasteiger partial charge in [-0.25, -0.2) is 0 Å². The van der Waals surface area contributed by atoms with Crippen molar-refractivity contribution < 1.29 is 4.79 Å². The van der Waals surface area contributed by atoms with Gasteiger partial charge in [0.15, 0.2) is 5.69 Å². The molecule has 3 rings (SSSR count). The summed E-state index contributed by atoms with van der Waals surface area (Å²) in [5.41, 5.74) is 3.48. The van der Waals surface area contributed by atoms with Gasteiger partial charge in [0, 0.05) is 49.4 Å². The van der Waals surface area contributed by atoms with Crippen molar-refractivity contribution in [3.63, 3.8) is 0 Å². The van der Waals surface area contributed by atoms with Crippen LogP contribution in [-0.2, 0) is 19.5 Å². The number of rotatable bonds is 3. The fraction of sp³-hybridized carbons (Fsp3) is 0.333. The summed E-state index contributed by atoms with van der Waals surface area (Å²) in [6, 6.07) is 7.55. The first-order chi connectivity index (χ1) is 10.2. The van der Waals surface area contributed by atoms with E-state index in [-0.39, 0.29) is 5.91 Å². The van der Waals surface area contributed by atoms with Crippen LogP contribution in [0.4, 0.5) is 0 Å². The van der Waals surface area contributed by atoms with Crippen molar-refractivity contribution >= 4 is 17.5 Å². The molecule has 0 saturated heterocycles. The van der Waals surface area contributed by atoms with Crippen LogP contribution in [0.15, 0.2) is 24.3 Å². The smallest absolute Gasteiger partial charge is 0.274 e. The molecular formula is C15H17ClN4O. The molecule has 1 amide bonds. The van der Waals surface area contributed by atoms with E-state index in [9.17, 15) is 4.79 Å². The van der Waals surface area contributed by atoms with E-state index in [1.807, 2.05) is 24.3 Å². The van der Waals surface area contributed by atoms with E-state index in [0.29, 0.717) is 23.8 Å². The molecule has 110 valence electrons. The van der Waals surface area contributed by atoms with Gasteiger partial charge in [-0.15, -0.1) is 0 Å². The lowest BCUT2D eigenvalue weighted by Crippen LogP contribution is -2.30. The first kappa shape index (κ1) is 14.1. The minimum Gasteiger partial charge on any atom is -0.336 e. The van der Waals surface area contributed by atoms with Gasteiger partial charge in [0.25, 0.3) is 5.91 Å². The Hall–Kier alpha value is -1.85. The molecule has 2 aromatic rings. The average Bonchev–Trinajstić information content (AvgIpc) is 2.92. The van der Waals surface area contributed by atoms with E-state index >= 15 is 0 Å². The highest BCUT2D eigenvalue weighted by molar-refractivity contribution is 6.31. The maximum absolute atomic E-state index is 12.6. The van der Waals surface area contributed by atoms with E-state index in [4.69, 9.17) is 11.6 Å². The Balaban J connectivity index is 1.79. The van der Waals surface area contributed by atoms with E-state index in [0.717, 1.165) is 29.8 Å². The average molecular weight is 305 g/mol. The molecule has 1 aromatic heterocycles. The Kier molecular flexibility index (Phi) is 3.94. The maximum Gasteiger partial charge on any atom is 0.274 e. The zero-order valence-electron chi connectivity index (χ0n) is 11.8. The largest absolute Gasteiger partial charge is 0.336 e. The van der Waals surface area contributed by atoms with E-state index in [2.05, 4.69) is 15.5 Å². The number of hydrogen-bond donors (Lipinski definition) is 2. The quantitative estimate of drug-likeness (QED) is 0.911. The zero-order valence-corrected chi connectivity index (χ0v) is 12.6. The molecule has 2 heterocycles. The van der Waals surface area contributed by atoms with Crippen LogP contribution in [0.25, 0.3) is 0 Å². The Bertz CT molecular complexity index is 667. The third-order valence-electron chi connectivity index (χ3n) is 3.72. The number of carbonyl (C=O) groups excluding carboxylic acids is 1. The minimum atomic E-state index is -0.0869. The number of aromatic nitrogens is 2. The highest BCUT2D eigenvalue weighted by Crippen LogP contribution is 2.20. The fourth-order valence-electron chi connectivity index (χ4n) is 2.54. The van der Waals surface area contributed by atoms with Gasteiger partial charge >= 0.3 is 0 Å². The van der Waals surface area contributed by atoms with Gasteiger partial charge in [-0.2, -0.15) is 5.10 Å². The summed E-state index contributed by atoms with van der Waals surface area (Å²) in [5.74, 6) is -0.0869. The molecule has 0 bridgehead atoms. The van der Waals surface area contributed by atoms with Crippen molar-refractivity contribution in [3.05, 3.63) is 51.8 Å². The summed E-state index contributed by atoms with van der Waals surface area (Å²) in [5, 5.41) is 11.1. The van der Waals surface area contributed by atoms with E-state index in [1.165, 1.54) is 0 Å². The SMILES string of the molecule is CN(Cc1ccccc1Cl)C(=O)c1n[nH]c2c1CNCC2. The first-order valence-electron chi connectivity index (χ1n) is 6.92. The summed E-state index contributed by atoms with van der Waals surface area (Å²) in [6.45, 7) is 2.07. The van der Waals surface area contributed by atoms with Crippen LogP contribution in [0.1, 0.15) is 27.3 Å². The molecule has 2 N–H and O–H groups in total. The van der Waals surface area contributed by atoms with E-state index in [1.54, 1.807) is 11.9 Å². The number of amides is 1. The van der Waals surface area contributed by atoms with Gasteiger partial charge < -0.3 is 10.2 Å². The second-order valence-electron chi connectivity index (χ2n) is 5.21. The van der Waals surface area contributed by atoms with Crippen LogP contribution >= 0.6 is 11.6 Å². The number of benzene rings is 1. The van der Waals surface area contributed by atoms with Crippen molar-refractivity contribution in [2.24, 2.45) is 0 Å². The molecular weight excluding hydrogens is 288 g/mol. The fourth-order valence-corrected chi connectivity index (χ4v) is 2.73. The Labute approximate surface area is 128 Å². The number of aromatic amines is 1. The molecule has 6 heteroatoms. The van der Waals surface area contributed by atoms with Gasteiger partial charge in [0.05, 0.1) is 0 Å².